The first-order valence-electron chi connectivity index (χ1n) is 13.5. The first kappa shape index (κ1) is 30.2. The maximum atomic E-state index is 12.1. The van der Waals surface area contributed by atoms with E-state index in [4.69, 9.17) is 28.4 Å². The van der Waals surface area contributed by atoms with Gasteiger partial charge in [-0.1, -0.05) is 55.8 Å². The standard InChI is InChI=1S/C31H40O8/c1-6-10-28(32)38-22(17-34-4)19-36-30-24-12-8-9-13-25(24)31(27-16-21(3)14-15-26(27)30)37-20-23(18-35-5)39-29(33)11-7-2/h8-9,12-16,22-23H,6-7,10-11,17-20H2,1-5H3. The number of carbonyl (C=O) groups is 2. The van der Waals surface area contributed by atoms with E-state index < -0.39 is 12.2 Å². The van der Waals surface area contributed by atoms with Crippen LogP contribution < -0.4 is 9.47 Å². The van der Waals surface area contributed by atoms with Gasteiger partial charge >= 0.3 is 11.9 Å². The Morgan fingerprint density at radius 1 is 0.667 bits per heavy atom. The minimum Gasteiger partial charge on any atom is -0.488 e. The monoisotopic (exact) mass is 540 g/mol. The number of aryl methyl sites for hydroxylation is 1. The van der Waals surface area contributed by atoms with Crippen molar-refractivity contribution in [2.24, 2.45) is 0 Å². The molecule has 0 saturated heterocycles. The first-order chi connectivity index (χ1) is 18.9. The van der Waals surface area contributed by atoms with Gasteiger partial charge in [0.1, 0.15) is 24.7 Å². The second kappa shape index (κ2) is 15.3. The summed E-state index contributed by atoms with van der Waals surface area (Å²) in [6.45, 7) is 6.60. The summed E-state index contributed by atoms with van der Waals surface area (Å²) >= 11 is 0. The molecule has 2 atom stereocenters. The van der Waals surface area contributed by atoms with Crippen molar-refractivity contribution in [1.82, 2.24) is 0 Å². The van der Waals surface area contributed by atoms with Crippen molar-refractivity contribution in [2.75, 3.05) is 40.6 Å². The number of esters is 2. The Kier molecular flexibility index (Phi) is 11.8. The van der Waals surface area contributed by atoms with Gasteiger partial charge in [-0.05, 0) is 25.8 Å². The number of benzene rings is 3. The van der Waals surface area contributed by atoms with E-state index in [1.807, 2.05) is 63.2 Å². The predicted molar refractivity (Wildman–Crippen MR) is 151 cm³/mol. The molecule has 3 aromatic carbocycles. The normalized spacial score (nSPS) is 12.7. The summed E-state index contributed by atoms with van der Waals surface area (Å²) in [5.74, 6) is 0.792. The van der Waals surface area contributed by atoms with Gasteiger partial charge in [-0.25, -0.2) is 0 Å². The zero-order valence-electron chi connectivity index (χ0n) is 23.6. The molecule has 0 bridgehead atoms. The van der Waals surface area contributed by atoms with E-state index in [-0.39, 0.29) is 38.4 Å². The van der Waals surface area contributed by atoms with Gasteiger partial charge in [-0.2, -0.15) is 0 Å². The Morgan fingerprint density at radius 3 is 1.59 bits per heavy atom. The molecular formula is C31H40O8. The maximum Gasteiger partial charge on any atom is 0.306 e. The number of fused-ring (bicyclic) bond motifs is 2. The molecule has 8 heteroatoms. The Labute approximate surface area is 230 Å². The van der Waals surface area contributed by atoms with Gasteiger partial charge in [-0.3, -0.25) is 9.59 Å². The van der Waals surface area contributed by atoms with Crippen LogP contribution in [0, 0.1) is 6.92 Å². The lowest BCUT2D eigenvalue weighted by molar-refractivity contribution is -0.154. The minimum absolute atomic E-state index is 0.139. The molecular weight excluding hydrogens is 500 g/mol. The number of methoxy groups -OCH3 is 2. The molecule has 0 aliphatic carbocycles. The van der Waals surface area contributed by atoms with Gasteiger partial charge in [0.15, 0.2) is 12.2 Å². The molecule has 0 fully saturated rings. The Bertz CT molecular complexity index is 1240. The highest BCUT2D eigenvalue weighted by atomic mass is 16.6. The van der Waals surface area contributed by atoms with Gasteiger partial charge in [0, 0.05) is 48.6 Å². The highest BCUT2D eigenvalue weighted by Gasteiger charge is 2.22. The van der Waals surface area contributed by atoms with Crippen LogP contribution in [0.4, 0.5) is 0 Å². The van der Waals surface area contributed by atoms with Crippen LogP contribution in [0.15, 0.2) is 42.5 Å². The number of carbonyl (C=O) groups excluding carboxylic acids is 2. The van der Waals surface area contributed by atoms with E-state index in [0.29, 0.717) is 37.2 Å². The second-order valence-electron chi connectivity index (χ2n) is 9.51. The molecule has 0 amide bonds. The number of hydrogen-bond acceptors (Lipinski definition) is 8. The Balaban J connectivity index is 1.98. The lowest BCUT2D eigenvalue weighted by atomic mass is 9.99. The average Bonchev–Trinajstić information content (AvgIpc) is 2.90. The van der Waals surface area contributed by atoms with Crippen molar-refractivity contribution in [3.63, 3.8) is 0 Å². The van der Waals surface area contributed by atoms with Gasteiger partial charge in [0.2, 0.25) is 0 Å². The van der Waals surface area contributed by atoms with Crippen LogP contribution in [0.5, 0.6) is 11.5 Å². The fourth-order valence-electron chi connectivity index (χ4n) is 4.38. The molecule has 0 saturated carbocycles. The van der Waals surface area contributed by atoms with Gasteiger partial charge < -0.3 is 28.4 Å². The van der Waals surface area contributed by atoms with E-state index >= 15 is 0 Å². The van der Waals surface area contributed by atoms with E-state index in [0.717, 1.165) is 27.1 Å². The van der Waals surface area contributed by atoms with Crippen LogP contribution in [0.1, 0.15) is 45.1 Å². The molecule has 0 heterocycles. The zero-order chi connectivity index (χ0) is 28.2. The first-order valence-corrected chi connectivity index (χ1v) is 13.5. The molecule has 0 N–H and O–H groups in total. The lowest BCUT2D eigenvalue weighted by Gasteiger charge is -2.22. The van der Waals surface area contributed by atoms with Crippen LogP contribution in [-0.2, 0) is 28.5 Å². The summed E-state index contributed by atoms with van der Waals surface area (Å²) in [4.78, 5) is 24.3. The fourth-order valence-corrected chi connectivity index (χ4v) is 4.38. The molecule has 0 spiro atoms. The summed E-state index contributed by atoms with van der Waals surface area (Å²) in [5, 5.41) is 3.43. The Morgan fingerprint density at radius 2 is 1.13 bits per heavy atom. The van der Waals surface area contributed by atoms with Crippen molar-refractivity contribution in [2.45, 2.75) is 58.7 Å². The fraction of sp³-hybridized carbons (Fsp3) is 0.484. The molecule has 3 aromatic rings. The van der Waals surface area contributed by atoms with Crippen LogP contribution in [0.25, 0.3) is 21.5 Å². The third kappa shape index (κ3) is 8.31. The van der Waals surface area contributed by atoms with Gasteiger partial charge in [-0.15, -0.1) is 0 Å². The van der Waals surface area contributed by atoms with Crippen LogP contribution in [0.2, 0.25) is 0 Å². The summed E-state index contributed by atoms with van der Waals surface area (Å²) in [6.07, 6.45) is 1.01. The molecule has 8 nitrogen and oxygen atoms in total. The van der Waals surface area contributed by atoms with Crippen molar-refractivity contribution in [3.05, 3.63) is 48.0 Å². The minimum atomic E-state index is -0.545. The largest absolute Gasteiger partial charge is 0.488 e. The molecule has 2 unspecified atom stereocenters. The number of hydrogen-bond donors (Lipinski definition) is 0. The van der Waals surface area contributed by atoms with Crippen LogP contribution >= 0.6 is 0 Å². The molecule has 39 heavy (non-hydrogen) atoms. The van der Waals surface area contributed by atoms with Crippen molar-refractivity contribution < 1.29 is 38.0 Å². The third-order valence-corrected chi connectivity index (χ3v) is 6.12. The van der Waals surface area contributed by atoms with Gasteiger partial charge in [0.05, 0.1) is 13.2 Å². The van der Waals surface area contributed by atoms with Crippen molar-refractivity contribution in [1.29, 1.82) is 0 Å². The molecule has 0 aromatic heterocycles. The summed E-state index contributed by atoms with van der Waals surface area (Å²) in [6, 6.07) is 13.9. The molecule has 0 aliphatic heterocycles. The number of ether oxygens (including phenoxy) is 6. The zero-order valence-corrected chi connectivity index (χ0v) is 23.6. The predicted octanol–water partition coefficient (Wildman–Crippen LogP) is 5.78. The Hall–Kier alpha value is -3.36. The highest BCUT2D eigenvalue weighted by Crippen LogP contribution is 2.43. The highest BCUT2D eigenvalue weighted by molar-refractivity contribution is 6.11. The molecule has 3 rings (SSSR count). The van der Waals surface area contributed by atoms with Crippen LogP contribution in [-0.4, -0.2) is 64.8 Å². The summed E-state index contributed by atoms with van der Waals surface area (Å²) < 4.78 is 34.5. The third-order valence-electron chi connectivity index (χ3n) is 6.12. The van der Waals surface area contributed by atoms with Crippen molar-refractivity contribution >= 4 is 33.5 Å². The van der Waals surface area contributed by atoms with Crippen LogP contribution in [0.3, 0.4) is 0 Å². The second-order valence-corrected chi connectivity index (χ2v) is 9.51. The molecule has 0 aliphatic rings. The average molecular weight is 541 g/mol. The number of rotatable bonds is 16. The summed E-state index contributed by atoms with van der Waals surface area (Å²) in [5.41, 5.74) is 1.06. The maximum absolute atomic E-state index is 12.1. The van der Waals surface area contributed by atoms with Crippen molar-refractivity contribution in [3.8, 4) is 11.5 Å². The smallest absolute Gasteiger partial charge is 0.306 e. The lowest BCUT2D eigenvalue weighted by Crippen LogP contribution is -2.29. The topological polar surface area (TPSA) is 89.5 Å². The SMILES string of the molecule is CCCC(=O)OC(COC)COc1c2ccccc2c(OCC(COC)OC(=O)CCC)c2cc(C)ccc12. The summed E-state index contributed by atoms with van der Waals surface area (Å²) in [7, 11) is 3.13. The van der Waals surface area contributed by atoms with E-state index in [2.05, 4.69) is 0 Å². The molecule has 212 valence electrons. The quantitative estimate of drug-likeness (QED) is 0.167. The molecule has 0 radical (unpaired) electrons. The van der Waals surface area contributed by atoms with Gasteiger partial charge in [0.25, 0.3) is 0 Å². The van der Waals surface area contributed by atoms with E-state index in [1.165, 1.54) is 0 Å². The van der Waals surface area contributed by atoms with E-state index in [9.17, 15) is 9.59 Å². The van der Waals surface area contributed by atoms with E-state index in [1.54, 1.807) is 14.2 Å².